The van der Waals surface area contributed by atoms with Crippen molar-refractivity contribution >= 4 is 22.8 Å². The van der Waals surface area contributed by atoms with Gasteiger partial charge in [0.1, 0.15) is 11.5 Å². The molecule has 10 nitrogen and oxygen atoms in total. The fraction of sp³-hybridized carbons (Fsp3) is 0.375. The van der Waals surface area contributed by atoms with Crippen LogP contribution < -0.4 is 20.7 Å². The van der Waals surface area contributed by atoms with E-state index in [0.717, 1.165) is 21.3 Å². The van der Waals surface area contributed by atoms with Gasteiger partial charge in [-0.05, 0) is 18.6 Å². The van der Waals surface area contributed by atoms with E-state index in [0.29, 0.717) is 11.5 Å². The van der Waals surface area contributed by atoms with Crippen molar-refractivity contribution < 1.29 is 32.5 Å². The van der Waals surface area contributed by atoms with Gasteiger partial charge in [0.2, 0.25) is 0 Å². The second kappa shape index (κ2) is 10.9. The molecule has 1 aromatic carbocycles. The van der Waals surface area contributed by atoms with Gasteiger partial charge in [0.15, 0.2) is 11.2 Å². The average molecular weight is 555 g/mol. The normalized spacial score (nSPS) is 16.1. The van der Waals surface area contributed by atoms with Crippen LogP contribution in [0.25, 0.3) is 11.2 Å². The number of imidazole rings is 1. The van der Waals surface area contributed by atoms with E-state index >= 15 is 0 Å². The molecule has 0 spiro atoms. The summed E-state index contributed by atoms with van der Waals surface area (Å²) >= 11 is 5.95. The van der Waals surface area contributed by atoms with Crippen LogP contribution in [0.3, 0.4) is 0 Å². The number of benzene rings is 1. The molecule has 0 bridgehead atoms. The van der Waals surface area contributed by atoms with Gasteiger partial charge in [-0.2, -0.15) is 4.98 Å². The number of alkyl halides is 3. The number of aliphatic hydroxyl groups is 1. The highest BCUT2D eigenvalue weighted by Crippen LogP contribution is 2.30. The predicted octanol–water partition coefficient (Wildman–Crippen LogP) is 2.74. The number of rotatable bonds is 9. The van der Waals surface area contributed by atoms with Crippen LogP contribution in [0.15, 0.2) is 45.0 Å². The number of allylic oxidation sites excluding steroid dienone is 2. The van der Waals surface area contributed by atoms with Crippen molar-refractivity contribution in [1.29, 1.82) is 0 Å². The lowest BCUT2D eigenvalue weighted by atomic mass is 10.0. The monoisotopic (exact) mass is 554 g/mol. The van der Waals surface area contributed by atoms with Crippen molar-refractivity contribution in [3.63, 3.8) is 0 Å². The summed E-state index contributed by atoms with van der Waals surface area (Å²) in [5.41, 5.74) is -1.43. The lowest BCUT2D eigenvalue weighted by Gasteiger charge is -2.17. The van der Waals surface area contributed by atoms with Gasteiger partial charge in [-0.25, -0.2) is 4.79 Å². The maximum atomic E-state index is 13.5. The number of halogens is 4. The quantitative estimate of drug-likeness (QED) is 0.405. The molecule has 4 rings (SSSR count). The molecule has 14 heteroatoms. The smallest absolute Gasteiger partial charge is 0.425 e. The van der Waals surface area contributed by atoms with Crippen molar-refractivity contribution in [3.05, 3.63) is 56.2 Å². The van der Waals surface area contributed by atoms with E-state index in [1.807, 2.05) is 0 Å². The SMILES string of the molecule is COC(CO)Cn1c(=O)c2c(nc(Oc3cccc(OC(F)(F)F)c3)n2CC2C#CC(Cl)=CC2)n(C)c1=O. The van der Waals surface area contributed by atoms with Crippen LogP contribution >= 0.6 is 11.6 Å². The average Bonchev–Trinajstić information content (AvgIpc) is 3.21. The minimum atomic E-state index is -4.90. The Morgan fingerprint density at radius 2 is 2.00 bits per heavy atom. The Bertz CT molecular complexity index is 1560. The standard InChI is InChI=1S/C24H22ClF3N4O6/c1-30-20-19(21(34)32(23(30)35)12-18(13-33)36-2)31(11-14-6-8-15(25)9-7-14)22(29-20)37-16-4-3-5-17(10-16)38-24(26,27)28/h3-5,8,10,14,18,33H,6,11-13H2,1-2H3. The Morgan fingerprint density at radius 1 is 1.26 bits per heavy atom. The molecule has 0 fully saturated rings. The van der Waals surface area contributed by atoms with Crippen molar-refractivity contribution in [2.75, 3.05) is 13.7 Å². The molecule has 202 valence electrons. The van der Waals surface area contributed by atoms with Crippen molar-refractivity contribution in [1.82, 2.24) is 18.7 Å². The molecule has 0 radical (unpaired) electrons. The molecule has 1 N–H and O–H groups in total. The van der Waals surface area contributed by atoms with E-state index in [1.165, 1.54) is 30.9 Å². The molecular formula is C24H22ClF3N4O6. The molecule has 1 aliphatic rings. The molecule has 0 saturated carbocycles. The van der Waals surface area contributed by atoms with Crippen LogP contribution in [-0.2, 0) is 24.9 Å². The molecule has 2 aromatic heterocycles. The Kier molecular flexibility index (Phi) is 7.86. The zero-order chi connectivity index (χ0) is 27.6. The molecule has 38 heavy (non-hydrogen) atoms. The summed E-state index contributed by atoms with van der Waals surface area (Å²) in [6.45, 7) is -0.563. The lowest BCUT2D eigenvalue weighted by molar-refractivity contribution is -0.274. The number of fused-ring (bicyclic) bond motifs is 1. The predicted molar refractivity (Wildman–Crippen MR) is 130 cm³/mol. The largest absolute Gasteiger partial charge is 0.573 e. The number of hydrogen-bond acceptors (Lipinski definition) is 7. The molecule has 2 atom stereocenters. The molecule has 0 aliphatic heterocycles. The van der Waals surface area contributed by atoms with Gasteiger partial charge in [-0.15, -0.1) is 13.2 Å². The number of aliphatic hydroxyl groups excluding tert-OH is 1. The van der Waals surface area contributed by atoms with Gasteiger partial charge in [0.05, 0.1) is 24.3 Å². The minimum Gasteiger partial charge on any atom is -0.425 e. The Morgan fingerprint density at radius 3 is 2.63 bits per heavy atom. The molecule has 0 amide bonds. The lowest BCUT2D eigenvalue weighted by Crippen LogP contribution is -2.43. The first-order chi connectivity index (χ1) is 18.0. The van der Waals surface area contributed by atoms with E-state index in [9.17, 15) is 27.9 Å². The second-order valence-corrected chi connectivity index (χ2v) is 8.76. The molecule has 3 aromatic rings. The fourth-order valence-electron chi connectivity index (χ4n) is 3.88. The van der Waals surface area contributed by atoms with Crippen LogP contribution in [-0.4, -0.2) is 50.0 Å². The summed E-state index contributed by atoms with van der Waals surface area (Å²) < 4.78 is 56.4. The topological polar surface area (TPSA) is 110 Å². The minimum absolute atomic E-state index is 0.0000361. The molecule has 2 heterocycles. The number of methoxy groups -OCH3 is 1. The van der Waals surface area contributed by atoms with Gasteiger partial charge in [0, 0.05) is 32.7 Å². The van der Waals surface area contributed by atoms with Crippen LogP contribution in [0.2, 0.25) is 0 Å². The Labute approximate surface area is 218 Å². The van der Waals surface area contributed by atoms with Crippen LogP contribution in [0.1, 0.15) is 6.42 Å². The van der Waals surface area contributed by atoms with Gasteiger partial charge >= 0.3 is 18.1 Å². The van der Waals surface area contributed by atoms with E-state index in [4.69, 9.17) is 21.1 Å². The first kappa shape index (κ1) is 27.3. The maximum absolute atomic E-state index is 13.5. The maximum Gasteiger partial charge on any atom is 0.573 e. The Balaban J connectivity index is 1.85. The molecule has 2 unspecified atom stereocenters. The fourth-order valence-corrected chi connectivity index (χ4v) is 4.02. The summed E-state index contributed by atoms with van der Waals surface area (Å²) in [5.74, 6) is 4.88. The van der Waals surface area contributed by atoms with Gasteiger partial charge in [-0.3, -0.25) is 18.5 Å². The van der Waals surface area contributed by atoms with Crippen molar-refractivity contribution in [3.8, 4) is 29.4 Å². The summed E-state index contributed by atoms with van der Waals surface area (Å²) in [4.78, 5) is 30.9. The highest BCUT2D eigenvalue weighted by atomic mass is 35.5. The second-order valence-electron chi connectivity index (χ2n) is 8.35. The van der Waals surface area contributed by atoms with Crippen LogP contribution in [0.5, 0.6) is 17.5 Å². The first-order valence-corrected chi connectivity index (χ1v) is 11.6. The molecular weight excluding hydrogens is 533 g/mol. The van der Waals surface area contributed by atoms with E-state index in [2.05, 4.69) is 21.6 Å². The van der Waals surface area contributed by atoms with E-state index < -0.39 is 36.1 Å². The summed E-state index contributed by atoms with van der Waals surface area (Å²) in [6, 6.07) is 4.65. The van der Waals surface area contributed by atoms with E-state index in [1.54, 1.807) is 6.08 Å². The number of aromatic nitrogens is 4. The number of ether oxygens (including phenoxy) is 3. The van der Waals surface area contributed by atoms with Crippen LogP contribution in [0, 0.1) is 17.8 Å². The Hall–Kier alpha value is -3.73. The molecule has 1 aliphatic carbocycles. The zero-order valence-corrected chi connectivity index (χ0v) is 20.9. The summed E-state index contributed by atoms with van der Waals surface area (Å²) in [7, 11) is 2.74. The third-order valence-corrected chi connectivity index (χ3v) is 6.00. The van der Waals surface area contributed by atoms with Crippen LogP contribution in [0.4, 0.5) is 13.2 Å². The van der Waals surface area contributed by atoms with Gasteiger partial charge in [0.25, 0.3) is 5.56 Å². The van der Waals surface area contributed by atoms with Crippen molar-refractivity contribution in [2.45, 2.75) is 32.0 Å². The highest BCUT2D eigenvalue weighted by Gasteiger charge is 2.31. The summed E-state index contributed by atoms with van der Waals surface area (Å²) in [5, 5.41) is 9.89. The third kappa shape index (κ3) is 5.88. The summed E-state index contributed by atoms with van der Waals surface area (Å²) in [6.07, 6.45) is -3.55. The van der Waals surface area contributed by atoms with Gasteiger partial charge < -0.3 is 19.3 Å². The first-order valence-electron chi connectivity index (χ1n) is 11.2. The van der Waals surface area contributed by atoms with Gasteiger partial charge in [-0.1, -0.05) is 35.6 Å². The zero-order valence-electron chi connectivity index (χ0n) is 20.2. The number of aryl methyl sites for hydroxylation is 1. The number of hydrogen-bond donors (Lipinski definition) is 1. The number of nitrogens with zero attached hydrogens (tertiary/aromatic N) is 4. The van der Waals surface area contributed by atoms with E-state index in [-0.39, 0.29) is 41.9 Å². The molecule has 0 saturated heterocycles. The third-order valence-electron chi connectivity index (χ3n) is 5.75. The van der Waals surface area contributed by atoms with Crippen molar-refractivity contribution in [2.24, 2.45) is 13.0 Å². The highest BCUT2D eigenvalue weighted by molar-refractivity contribution is 6.32.